The van der Waals surface area contributed by atoms with Crippen LogP contribution < -0.4 is 0 Å². The highest BCUT2D eigenvalue weighted by Gasteiger charge is 2.35. The van der Waals surface area contributed by atoms with Crippen molar-refractivity contribution in [2.75, 3.05) is 0 Å². The van der Waals surface area contributed by atoms with Gasteiger partial charge >= 0.3 is 12.4 Å². The van der Waals surface area contributed by atoms with Gasteiger partial charge in [0.15, 0.2) is 0 Å². The van der Waals surface area contributed by atoms with Crippen LogP contribution in [-0.4, -0.2) is 0 Å². The summed E-state index contributed by atoms with van der Waals surface area (Å²) in [5.74, 6) is 0. The molecule has 186 valence electrons. The number of alkyl halides is 6. The fourth-order valence-corrected chi connectivity index (χ4v) is 4.81. The summed E-state index contributed by atoms with van der Waals surface area (Å²) in [5, 5.41) is 9.69. The van der Waals surface area contributed by atoms with E-state index >= 15 is 0 Å². The van der Waals surface area contributed by atoms with Crippen molar-refractivity contribution in [1.29, 1.82) is 5.26 Å². The fourth-order valence-electron chi connectivity index (χ4n) is 4.81. The molecule has 0 unspecified atom stereocenters. The van der Waals surface area contributed by atoms with Crippen LogP contribution in [0.25, 0.3) is 43.8 Å². The van der Waals surface area contributed by atoms with E-state index in [1.807, 2.05) is 6.07 Å². The molecule has 0 amide bonds. The third-order valence-electron chi connectivity index (χ3n) is 6.41. The highest BCUT2D eigenvalue weighted by atomic mass is 19.4. The van der Waals surface area contributed by atoms with Crippen molar-refractivity contribution >= 4 is 5.57 Å². The van der Waals surface area contributed by atoms with Crippen molar-refractivity contribution in [2.24, 2.45) is 0 Å². The van der Waals surface area contributed by atoms with Gasteiger partial charge in [0.05, 0.1) is 23.8 Å². The van der Waals surface area contributed by atoms with Gasteiger partial charge in [-0.25, -0.2) is 10.1 Å². The Labute approximate surface area is 213 Å². The van der Waals surface area contributed by atoms with Crippen LogP contribution in [0.1, 0.15) is 22.3 Å². The van der Waals surface area contributed by atoms with Crippen molar-refractivity contribution in [3.63, 3.8) is 0 Å². The number of nitriles is 1. The summed E-state index contributed by atoms with van der Waals surface area (Å²) in [6.45, 7) is 7.52. The quantitative estimate of drug-likeness (QED) is 0.131. The third-order valence-corrected chi connectivity index (χ3v) is 6.41. The van der Waals surface area contributed by atoms with Gasteiger partial charge in [-0.2, -0.15) is 26.3 Å². The molecule has 0 heterocycles. The zero-order chi connectivity index (χ0) is 27.2. The van der Waals surface area contributed by atoms with Gasteiger partial charge in [0.1, 0.15) is 0 Å². The molecule has 38 heavy (non-hydrogen) atoms. The number of rotatable bonds is 2. The molecule has 0 radical (unpaired) electrons. The smallest absolute Gasteiger partial charge is 0.226 e. The van der Waals surface area contributed by atoms with Gasteiger partial charge < -0.3 is 0 Å². The molecular formula is C30H14F6N2. The second kappa shape index (κ2) is 8.93. The second-order valence-corrected chi connectivity index (χ2v) is 8.55. The summed E-state index contributed by atoms with van der Waals surface area (Å²) in [6.07, 6.45) is -9.21. The standard InChI is InChI=1S/C30H14F6N2/c1-38-27(16-37)28-23-14-17(19-6-2-4-8-25(19)29(31,32)33)10-12-21(23)22-13-11-18(15-24(22)28)20-7-3-5-9-26(20)30(34,35)36/h2-15H. The first kappa shape index (κ1) is 24.9. The van der Waals surface area contributed by atoms with Crippen LogP contribution in [0.15, 0.2) is 90.6 Å². The Bertz CT molecular complexity index is 1590. The minimum atomic E-state index is -4.60. The van der Waals surface area contributed by atoms with Crippen LogP contribution in [0, 0.1) is 17.9 Å². The monoisotopic (exact) mass is 516 g/mol. The van der Waals surface area contributed by atoms with Crippen LogP contribution in [-0.2, 0) is 12.4 Å². The van der Waals surface area contributed by atoms with Crippen LogP contribution in [0.5, 0.6) is 0 Å². The summed E-state index contributed by atoms with van der Waals surface area (Å²) in [6, 6.07) is 21.2. The Morgan fingerprint density at radius 1 is 0.605 bits per heavy atom. The summed E-state index contributed by atoms with van der Waals surface area (Å²) in [5.41, 5.74) is 0.363. The summed E-state index contributed by atoms with van der Waals surface area (Å²) in [7, 11) is 0. The molecule has 1 aliphatic rings. The SMILES string of the molecule is [C-]#[N+]C(C#N)=C1c2cc(-c3ccccc3C(F)(F)F)ccc2-c2ccc(-c3ccccc3C(F)(F)F)cc21. The minimum Gasteiger partial charge on any atom is -0.226 e. The maximum absolute atomic E-state index is 13.7. The first-order valence-electron chi connectivity index (χ1n) is 11.2. The van der Waals surface area contributed by atoms with E-state index in [-0.39, 0.29) is 33.5 Å². The molecular weight excluding hydrogens is 502 g/mol. The van der Waals surface area contributed by atoms with E-state index in [2.05, 4.69) is 4.85 Å². The molecule has 1 aliphatic carbocycles. The highest BCUT2D eigenvalue weighted by Crippen LogP contribution is 2.49. The molecule has 4 aromatic carbocycles. The van der Waals surface area contributed by atoms with E-state index in [0.717, 1.165) is 12.1 Å². The predicted molar refractivity (Wildman–Crippen MR) is 131 cm³/mol. The van der Waals surface area contributed by atoms with Crippen molar-refractivity contribution in [1.82, 2.24) is 0 Å². The third kappa shape index (κ3) is 4.10. The number of hydrogen-bond donors (Lipinski definition) is 0. The van der Waals surface area contributed by atoms with E-state index < -0.39 is 23.5 Å². The lowest BCUT2D eigenvalue weighted by atomic mass is 9.93. The number of halogens is 6. The molecule has 2 nitrogen and oxygen atoms in total. The zero-order valence-electron chi connectivity index (χ0n) is 19.2. The molecule has 0 N–H and O–H groups in total. The molecule has 0 saturated heterocycles. The molecule has 8 heteroatoms. The van der Waals surface area contributed by atoms with Gasteiger partial charge in [0.25, 0.3) is 5.70 Å². The molecule has 0 aliphatic heterocycles. The molecule has 0 aromatic heterocycles. The highest BCUT2D eigenvalue weighted by molar-refractivity contribution is 6.05. The first-order valence-corrected chi connectivity index (χ1v) is 11.2. The van der Waals surface area contributed by atoms with Crippen molar-refractivity contribution in [3.8, 4) is 39.4 Å². The van der Waals surface area contributed by atoms with Gasteiger partial charge in [0.2, 0.25) is 0 Å². The lowest BCUT2D eigenvalue weighted by Gasteiger charge is -2.14. The van der Waals surface area contributed by atoms with Crippen LogP contribution >= 0.6 is 0 Å². The Balaban J connectivity index is 1.74. The van der Waals surface area contributed by atoms with Crippen molar-refractivity contribution in [2.45, 2.75) is 12.4 Å². The zero-order valence-corrected chi connectivity index (χ0v) is 19.2. The van der Waals surface area contributed by atoms with Gasteiger partial charge in [-0.05, 0) is 68.8 Å². The Morgan fingerprint density at radius 3 is 1.39 bits per heavy atom. The van der Waals surface area contributed by atoms with Gasteiger partial charge in [-0.3, -0.25) is 0 Å². The molecule has 0 atom stereocenters. The van der Waals surface area contributed by atoms with E-state index in [1.165, 1.54) is 60.7 Å². The molecule has 0 spiro atoms. The molecule has 0 fully saturated rings. The van der Waals surface area contributed by atoms with Crippen molar-refractivity contribution < 1.29 is 26.3 Å². The minimum absolute atomic E-state index is 0.0702. The Hall–Kier alpha value is -4.82. The molecule has 5 rings (SSSR count). The number of nitrogens with zero attached hydrogens (tertiary/aromatic N) is 2. The first-order chi connectivity index (χ1) is 18.0. The summed E-state index contributed by atoms with van der Waals surface area (Å²) < 4.78 is 82.1. The van der Waals surface area contributed by atoms with Crippen LogP contribution in [0.2, 0.25) is 0 Å². The topological polar surface area (TPSA) is 28.1 Å². The average Bonchev–Trinajstić information content (AvgIpc) is 3.21. The number of hydrogen-bond acceptors (Lipinski definition) is 1. The molecule has 4 aromatic rings. The van der Waals surface area contributed by atoms with Crippen LogP contribution in [0.4, 0.5) is 26.3 Å². The van der Waals surface area contributed by atoms with Crippen molar-refractivity contribution in [3.05, 3.63) is 124 Å². The summed E-state index contributed by atoms with van der Waals surface area (Å²) >= 11 is 0. The summed E-state index contributed by atoms with van der Waals surface area (Å²) in [4.78, 5) is 3.31. The van der Waals surface area contributed by atoms with E-state index in [1.54, 1.807) is 12.1 Å². The Kier molecular flexibility index (Phi) is 5.84. The predicted octanol–water partition coefficient (Wildman–Crippen LogP) is 9.24. The van der Waals surface area contributed by atoms with E-state index in [4.69, 9.17) is 6.57 Å². The maximum Gasteiger partial charge on any atom is 0.417 e. The normalized spacial score (nSPS) is 12.4. The number of fused-ring (bicyclic) bond motifs is 3. The number of allylic oxidation sites excluding steroid dienone is 1. The maximum atomic E-state index is 13.7. The van der Waals surface area contributed by atoms with E-state index in [9.17, 15) is 31.6 Å². The van der Waals surface area contributed by atoms with Gasteiger partial charge in [-0.15, -0.1) is 0 Å². The second-order valence-electron chi connectivity index (χ2n) is 8.55. The van der Waals surface area contributed by atoms with E-state index in [0.29, 0.717) is 22.3 Å². The fraction of sp³-hybridized carbons (Fsp3) is 0.0667. The Morgan fingerprint density at radius 2 is 1.03 bits per heavy atom. The number of benzene rings is 4. The molecule has 0 bridgehead atoms. The van der Waals surface area contributed by atoms with Gasteiger partial charge in [0, 0.05) is 5.57 Å². The largest absolute Gasteiger partial charge is 0.417 e. The van der Waals surface area contributed by atoms with Crippen LogP contribution in [0.3, 0.4) is 0 Å². The lowest BCUT2D eigenvalue weighted by Crippen LogP contribution is -2.06. The lowest BCUT2D eigenvalue weighted by molar-refractivity contribution is -0.137. The average molecular weight is 516 g/mol. The van der Waals surface area contributed by atoms with Gasteiger partial charge in [-0.1, -0.05) is 60.7 Å². The molecule has 0 saturated carbocycles.